The molecule has 1 aromatic carbocycles. The fourth-order valence-electron chi connectivity index (χ4n) is 2.55. The van der Waals surface area contributed by atoms with Crippen LogP contribution in [-0.2, 0) is 4.74 Å². The van der Waals surface area contributed by atoms with Crippen molar-refractivity contribution in [2.75, 3.05) is 6.61 Å². The van der Waals surface area contributed by atoms with Crippen molar-refractivity contribution in [2.45, 2.75) is 51.7 Å². The third-order valence-electron chi connectivity index (χ3n) is 3.66. The molecule has 17 heavy (non-hydrogen) atoms. The van der Waals surface area contributed by atoms with E-state index in [4.69, 9.17) is 10.5 Å². The lowest BCUT2D eigenvalue weighted by Crippen LogP contribution is -2.15. The molecule has 2 N–H and O–H groups in total. The largest absolute Gasteiger partial charge is 0.378 e. The Hall–Kier alpha value is -0.860. The maximum atomic E-state index is 6.29. The van der Waals surface area contributed by atoms with Gasteiger partial charge in [-0.3, -0.25) is 0 Å². The van der Waals surface area contributed by atoms with Gasteiger partial charge in [0.05, 0.1) is 6.10 Å². The van der Waals surface area contributed by atoms with E-state index in [0.717, 1.165) is 19.4 Å². The van der Waals surface area contributed by atoms with Crippen molar-refractivity contribution in [2.24, 2.45) is 5.73 Å². The highest BCUT2D eigenvalue weighted by molar-refractivity contribution is 5.32. The first-order valence-corrected chi connectivity index (χ1v) is 6.61. The van der Waals surface area contributed by atoms with E-state index in [2.05, 4.69) is 32.0 Å². The van der Waals surface area contributed by atoms with Gasteiger partial charge in [-0.15, -0.1) is 0 Å². The molecule has 2 atom stereocenters. The van der Waals surface area contributed by atoms with Crippen LogP contribution in [0.1, 0.15) is 48.4 Å². The number of hydrogen-bond acceptors (Lipinski definition) is 2. The van der Waals surface area contributed by atoms with Crippen LogP contribution in [-0.4, -0.2) is 12.7 Å². The Bertz CT molecular complexity index is 369. The van der Waals surface area contributed by atoms with Gasteiger partial charge in [0, 0.05) is 12.6 Å². The highest BCUT2D eigenvalue weighted by atomic mass is 16.5. The topological polar surface area (TPSA) is 35.2 Å². The molecule has 0 bridgehead atoms. The molecule has 94 valence electrons. The molecule has 0 saturated carbocycles. The summed E-state index contributed by atoms with van der Waals surface area (Å²) in [5, 5.41) is 0. The zero-order valence-corrected chi connectivity index (χ0v) is 10.9. The van der Waals surface area contributed by atoms with Gasteiger partial charge in [0.15, 0.2) is 0 Å². The van der Waals surface area contributed by atoms with E-state index in [-0.39, 0.29) is 6.04 Å². The molecule has 2 unspecified atom stereocenters. The van der Waals surface area contributed by atoms with E-state index in [1.807, 2.05) is 0 Å². The van der Waals surface area contributed by atoms with Crippen LogP contribution in [0, 0.1) is 13.8 Å². The molecule has 0 aromatic heterocycles. The summed E-state index contributed by atoms with van der Waals surface area (Å²) in [7, 11) is 0. The van der Waals surface area contributed by atoms with Crippen LogP contribution in [0.25, 0.3) is 0 Å². The molecule has 0 radical (unpaired) electrons. The zero-order valence-electron chi connectivity index (χ0n) is 10.9. The third kappa shape index (κ3) is 3.30. The average Bonchev–Trinajstić information content (AvgIpc) is 2.82. The first-order valence-electron chi connectivity index (χ1n) is 6.61. The molecular weight excluding hydrogens is 210 g/mol. The molecule has 2 heteroatoms. The van der Waals surface area contributed by atoms with Crippen LogP contribution in [0.3, 0.4) is 0 Å². The molecule has 0 amide bonds. The molecule has 1 aliphatic rings. The van der Waals surface area contributed by atoms with Crippen LogP contribution < -0.4 is 5.73 Å². The molecule has 1 aliphatic heterocycles. The maximum Gasteiger partial charge on any atom is 0.0576 e. The Morgan fingerprint density at radius 1 is 1.41 bits per heavy atom. The van der Waals surface area contributed by atoms with Gasteiger partial charge < -0.3 is 10.5 Å². The maximum absolute atomic E-state index is 6.29. The first-order chi connectivity index (χ1) is 8.16. The molecule has 1 aromatic rings. The minimum atomic E-state index is 0.152. The van der Waals surface area contributed by atoms with Gasteiger partial charge in [-0.1, -0.05) is 23.8 Å². The second-order valence-corrected chi connectivity index (χ2v) is 5.18. The molecule has 2 rings (SSSR count). The molecule has 1 saturated heterocycles. The fraction of sp³-hybridized carbons (Fsp3) is 0.600. The number of nitrogens with two attached hydrogens (primary N) is 1. The van der Waals surface area contributed by atoms with Crippen molar-refractivity contribution in [1.82, 2.24) is 0 Å². The van der Waals surface area contributed by atoms with E-state index in [1.165, 1.54) is 29.5 Å². The Morgan fingerprint density at radius 2 is 2.24 bits per heavy atom. The van der Waals surface area contributed by atoms with E-state index in [1.54, 1.807) is 0 Å². The van der Waals surface area contributed by atoms with Crippen molar-refractivity contribution >= 4 is 0 Å². The van der Waals surface area contributed by atoms with Gasteiger partial charge in [-0.05, 0) is 50.7 Å². The molecule has 1 heterocycles. The number of aryl methyl sites for hydroxylation is 2. The van der Waals surface area contributed by atoms with Crippen molar-refractivity contribution < 1.29 is 4.74 Å². The summed E-state index contributed by atoms with van der Waals surface area (Å²) in [4.78, 5) is 0. The predicted molar refractivity (Wildman–Crippen MR) is 71.1 cm³/mol. The quantitative estimate of drug-likeness (QED) is 0.866. The number of ether oxygens (including phenoxy) is 1. The Kier molecular flexibility index (Phi) is 4.19. The second kappa shape index (κ2) is 5.65. The summed E-state index contributed by atoms with van der Waals surface area (Å²) >= 11 is 0. The Labute approximate surface area is 104 Å². The van der Waals surface area contributed by atoms with Crippen molar-refractivity contribution in [3.05, 3.63) is 34.9 Å². The zero-order chi connectivity index (χ0) is 12.3. The summed E-state index contributed by atoms with van der Waals surface area (Å²) in [5.74, 6) is 0. The fourth-order valence-corrected chi connectivity index (χ4v) is 2.55. The highest BCUT2D eigenvalue weighted by Crippen LogP contribution is 2.24. The standard InChI is InChI=1S/C15H23NO/c1-11-5-6-12(2)14(10-11)15(16)8-7-13-4-3-9-17-13/h5-6,10,13,15H,3-4,7-9,16H2,1-2H3. The van der Waals surface area contributed by atoms with Crippen LogP contribution in [0.4, 0.5) is 0 Å². The summed E-state index contributed by atoms with van der Waals surface area (Å²) in [6, 6.07) is 6.68. The SMILES string of the molecule is Cc1ccc(C)c(C(N)CCC2CCCO2)c1. The van der Waals surface area contributed by atoms with Gasteiger partial charge in [0.2, 0.25) is 0 Å². The minimum Gasteiger partial charge on any atom is -0.378 e. The van der Waals surface area contributed by atoms with Gasteiger partial charge in [0.25, 0.3) is 0 Å². The molecule has 1 fully saturated rings. The smallest absolute Gasteiger partial charge is 0.0576 e. The Balaban J connectivity index is 1.93. The lowest BCUT2D eigenvalue weighted by atomic mass is 9.95. The van der Waals surface area contributed by atoms with Crippen molar-refractivity contribution in [1.29, 1.82) is 0 Å². The first kappa shape index (κ1) is 12.6. The number of hydrogen-bond donors (Lipinski definition) is 1. The van der Waals surface area contributed by atoms with Gasteiger partial charge in [0.1, 0.15) is 0 Å². The average molecular weight is 233 g/mol. The van der Waals surface area contributed by atoms with Crippen LogP contribution in [0.5, 0.6) is 0 Å². The van der Waals surface area contributed by atoms with Crippen LogP contribution >= 0.6 is 0 Å². The monoisotopic (exact) mass is 233 g/mol. The van der Waals surface area contributed by atoms with E-state index in [0.29, 0.717) is 6.10 Å². The normalized spacial score (nSPS) is 21.7. The number of benzene rings is 1. The van der Waals surface area contributed by atoms with Crippen molar-refractivity contribution in [3.63, 3.8) is 0 Å². The van der Waals surface area contributed by atoms with Gasteiger partial charge in [-0.2, -0.15) is 0 Å². The Morgan fingerprint density at radius 3 is 2.94 bits per heavy atom. The molecule has 2 nitrogen and oxygen atoms in total. The van der Waals surface area contributed by atoms with Gasteiger partial charge >= 0.3 is 0 Å². The van der Waals surface area contributed by atoms with Crippen LogP contribution in [0.2, 0.25) is 0 Å². The van der Waals surface area contributed by atoms with Crippen molar-refractivity contribution in [3.8, 4) is 0 Å². The summed E-state index contributed by atoms with van der Waals surface area (Å²) < 4.78 is 5.64. The molecular formula is C15H23NO. The van der Waals surface area contributed by atoms with E-state index >= 15 is 0 Å². The third-order valence-corrected chi connectivity index (χ3v) is 3.66. The molecule has 0 spiro atoms. The van der Waals surface area contributed by atoms with E-state index < -0.39 is 0 Å². The lowest BCUT2D eigenvalue weighted by molar-refractivity contribution is 0.101. The number of rotatable bonds is 4. The van der Waals surface area contributed by atoms with Gasteiger partial charge in [-0.25, -0.2) is 0 Å². The minimum absolute atomic E-state index is 0.152. The predicted octanol–water partition coefficient (Wildman–Crippen LogP) is 3.26. The summed E-state index contributed by atoms with van der Waals surface area (Å²) in [6.45, 7) is 5.19. The summed E-state index contributed by atoms with van der Waals surface area (Å²) in [6.07, 6.45) is 4.98. The summed E-state index contributed by atoms with van der Waals surface area (Å²) in [5.41, 5.74) is 10.2. The van der Waals surface area contributed by atoms with Crippen LogP contribution in [0.15, 0.2) is 18.2 Å². The lowest BCUT2D eigenvalue weighted by Gasteiger charge is -2.17. The highest BCUT2D eigenvalue weighted by Gasteiger charge is 2.17. The second-order valence-electron chi connectivity index (χ2n) is 5.18. The van der Waals surface area contributed by atoms with E-state index in [9.17, 15) is 0 Å². The molecule has 0 aliphatic carbocycles.